The Labute approximate surface area is 112 Å². The monoisotopic (exact) mass is 277 g/mol. The van der Waals surface area contributed by atoms with Crippen molar-refractivity contribution in [2.24, 2.45) is 0 Å². The number of nitrogens with zero attached hydrogens (tertiary/aromatic N) is 1. The predicted molar refractivity (Wildman–Crippen MR) is 67.4 cm³/mol. The Morgan fingerprint density at radius 3 is 2.61 bits per heavy atom. The number of hydrogen-bond donors (Lipinski definition) is 0. The Balaban J connectivity index is 2.54. The summed E-state index contributed by atoms with van der Waals surface area (Å²) in [5.41, 5.74) is -0.527. The number of esters is 1. The number of carbonyl (C=O) groups excluding carboxylic acids is 2. The van der Waals surface area contributed by atoms with Gasteiger partial charge in [0.05, 0.1) is 6.42 Å². The van der Waals surface area contributed by atoms with Crippen molar-refractivity contribution >= 4 is 23.7 Å². The number of carbonyl (C=O) groups is 2. The average molecular weight is 278 g/mol. The molecule has 0 saturated carbocycles. The fourth-order valence-electron chi connectivity index (χ4n) is 1.92. The quantitative estimate of drug-likeness (QED) is 0.587. The van der Waals surface area contributed by atoms with Crippen LogP contribution in [-0.2, 0) is 14.3 Å². The Morgan fingerprint density at radius 1 is 1.39 bits per heavy atom. The van der Waals surface area contributed by atoms with Crippen molar-refractivity contribution in [1.29, 1.82) is 0 Å². The van der Waals surface area contributed by atoms with Crippen LogP contribution in [0.3, 0.4) is 0 Å². The molecule has 6 heteroatoms. The zero-order valence-corrected chi connectivity index (χ0v) is 11.8. The molecule has 104 valence electrons. The Hall–Kier alpha value is -0.970. The molecule has 1 unspecified atom stereocenters. The number of rotatable bonds is 3. The number of alkyl halides is 1. The van der Waals surface area contributed by atoms with E-state index in [2.05, 4.69) is 4.74 Å². The minimum absolute atomic E-state index is 0.143. The molecule has 0 aliphatic carbocycles. The maximum atomic E-state index is 11.9. The van der Waals surface area contributed by atoms with E-state index in [0.29, 0.717) is 6.54 Å². The first-order chi connectivity index (χ1) is 8.33. The highest BCUT2D eigenvalue weighted by molar-refractivity contribution is 6.17. The summed E-state index contributed by atoms with van der Waals surface area (Å²) in [6.07, 6.45) is 1.46. The van der Waals surface area contributed by atoms with E-state index in [9.17, 15) is 9.59 Å². The summed E-state index contributed by atoms with van der Waals surface area (Å²) >= 11 is 5.32. The van der Waals surface area contributed by atoms with Gasteiger partial charge in [-0.15, -0.1) is 0 Å². The molecule has 0 bridgehead atoms. The van der Waals surface area contributed by atoms with Gasteiger partial charge in [0.1, 0.15) is 5.60 Å². The topological polar surface area (TPSA) is 55.8 Å². The summed E-state index contributed by atoms with van der Waals surface area (Å²) in [7, 11) is 0. The van der Waals surface area contributed by atoms with Crippen LogP contribution in [0.15, 0.2) is 0 Å². The normalized spacial score (nSPS) is 19.8. The summed E-state index contributed by atoms with van der Waals surface area (Å²) in [6.45, 7) is 6.07. The van der Waals surface area contributed by atoms with Crippen LogP contribution in [0.25, 0.3) is 0 Å². The van der Waals surface area contributed by atoms with Crippen LogP contribution in [0.5, 0.6) is 0 Å². The van der Waals surface area contributed by atoms with E-state index >= 15 is 0 Å². The van der Waals surface area contributed by atoms with Crippen LogP contribution in [0.2, 0.25) is 0 Å². The predicted octanol–water partition coefficient (Wildman–Crippen LogP) is 2.52. The maximum absolute atomic E-state index is 11.9. The van der Waals surface area contributed by atoms with Gasteiger partial charge < -0.3 is 14.4 Å². The van der Waals surface area contributed by atoms with Gasteiger partial charge >= 0.3 is 12.1 Å². The standard InChI is InChI=1S/C12H20ClNO4/c1-12(2,3)18-11(16)14-6-4-5-9(14)7-10(15)17-8-13/h9H,4-8H2,1-3H3. The maximum Gasteiger partial charge on any atom is 0.410 e. The number of likely N-dealkylation sites (tertiary alicyclic amines) is 1. The average Bonchev–Trinajstić information content (AvgIpc) is 2.63. The molecule has 0 radical (unpaired) electrons. The summed E-state index contributed by atoms with van der Waals surface area (Å²) in [5, 5.41) is 0. The molecular formula is C12H20ClNO4. The first-order valence-corrected chi connectivity index (χ1v) is 6.58. The second-order valence-electron chi connectivity index (χ2n) is 5.30. The molecule has 1 heterocycles. The van der Waals surface area contributed by atoms with Gasteiger partial charge in [-0.2, -0.15) is 0 Å². The fraction of sp³-hybridized carbons (Fsp3) is 0.833. The lowest BCUT2D eigenvalue weighted by molar-refractivity contribution is -0.142. The van der Waals surface area contributed by atoms with Crippen molar-refractivity contribution in [2.45, 2.75) is 51.7 Å². The first kappa shape index (κ1) is 15.1. The minimum Gasteiger partial charge on any atom is -0.449 e. The fourth-order valence-corrected chi connectivity index (χ4v) is 2.04. The molecule has 0 aromatic carbocycles. The lowest BCUT2D eigenvalue weighted by atomic mass is 10.1. The van der Waals surface area contributed by atoms with Gasteiger partial charge in [0.25, 0.3) is 0 Å². The van der Waals surface area contributed by atoms with Crippen LogP contribution in [0.1, 0.15) is 40.0 Å². The molecular weight excluding hydrogens is 258 g/mol. The molecule has 1 saturated heterocycles. The van der Waals surface area contributed by atoms with Crippen molar-refractivity contribution in [3.05, 3.63) is 0 Å². The third kappa shape index (κ3) is 4.72. The van der Waals surface area contributed by atoms with E-state index in [1.165, 1.54) is 0 Å². The second-order valence-corrected chi connectivity index (χ2v) is 5.52. The molecule has 0 aromatic heterocycles. The van der Waals surface area contributed by atoms with E-state index in [-0.39, 0.29) is 30.6 Å². The summed E-state index contributed by atoms with van der Waals surface area (Å²) < 4.78 is 9.98. The van der Waals surface area contributed by atoms with E-state index in [1.54, 1.807) is 4.90 Å². The highest BCUT2D eigenvalue weighted by Crippen LogP contribution is 2.23. The van der Waals surface area contributed by atoms with E-state index in [4.69, 9.17) is 16.3 Å². The van der Waals surface area contributed by atoms with Crippen molar-refractivity contribution in [2.75, 3.05) is 12.6 Å². The largest absolute Gasteiger partial charge is 0.449 e. The number of ether oxygens (including phenoxy) is 2. The number of amides is 1. The molecule has 5 nitrogen and oxygen atoms in total. The molecule has 1 rings (SSSR count). The third-order valence-electron chi connectivity index (χ3n) is 2.62. The van der Waals surface area contributed by atoms with Crippen molar-refractivity contribution in [3.63, 3.8) is 0 Å². The SMILES string of the molecule is CC(C)(C)OC(=O)N1CCCC1CC(=O)OCCl. The van der Waals surface area contributed by atoms with Gasteiger partial charge in [0.2, 0.25) is 0 Å². The van der Waals surface area contributed by atoms with E-state index in [1.807, 2.05) is 20.8 Å². The lowest BCUT2D eigenvalue weighted by Crippen LogP contribution is -2.40. The Morgan fingerprint density at radius 2 is 2.06 bits per heavy atom. The lowest BCUT2D eigenvalue weighted by Gasteiger charge is -2.28. The zero-order chi connectivity index (χ0) is 13.8. The van der Waals surface area contributed by atoms with Crippen LogP contribution < -0.4 is 0 Å². The molecule has 1 atom stereocenters. The Kier molecular flexibility index (Phi) is 5.26. The van der Waals surface area contributed by atoms with Crippen molar-refractivity contribution < 1.29 is 19.1 Å². The summed E-state index contributed by atoms with van der Waals surface area (Å²) in [4.78, 5) is 24.9. The van der Waals surface area contributed by atoms with Crippen LogP contribution >= 0.6 is 11.6 Å². The highest BCUT2D eigenvalue weighted by atomic mass is 35.5. The van der Waals surface area contributed by atoms with Crippen LogP contribution in [-0.4, -0.2) is 41.2 Å². The Bertz CT molecular complexity index is 314. The van der Waals surface area contributed by atoms with Crippen LogP contribution in [0, 0.1) is 0 Å². The molecule has 0 N–H and O–H groups in total. The first-order valence-electron chi connectivity index (χ1n) is 6.04. The van der Waals surface area contributed by atoms with Crippen molar-refractivity contribution in [3.8, 4) is 0 Å². The van der Waals surface area contributed by atoms with E-state index in [0.717, 1.165) is 12.8 Å². The van der Waals surface area contributed by atoms with Gasteiger partial charge in [0, 0.05) is 12.6 Å². The van der Waals surface area contributed by atoms with Gasteiger partial charge in [-0.25, -0.2) is 4.79 Å². The number of hydrogen-bond acceptors (Lipinski definition) is 4. The minimum atomic E-state index is -0.527. The summed E-state index contributed by atoms with van der Waals surface area (Å²) in [5.74, 6) is -0.384. The molecule has 0 spiro atoms. The molecule has 1 fully saturated rings. The molecule has 1 aliphatic heterocycles. The number of halogens is 1. The van der Waals surface area contributed by atoms with Gasteiger partial charge in [0.15, 0.2) is 6.07 Å². The van der Waals surface area contributed by atoms with Crippen molar-refractivity contribution in [1.82, 2.24) is 4.90 Å². The molecule has 1 aliphatic rings. The molecule has 18 heavy (non-hydrogen) atoms. The van der Waals surface area contributed by atoms with Gasteiger partial charge in [-0.3, -0.25) is 4.79 Å². The highest BCUT2D eigenvalue weighted by Gasteiger charge is 2.33. The molecule has 1 amide bonds. The summed E-state index contributed by atoms with van der Waals surface area (Å²) in [6, 6.07) is -0.298. The van der Waals surface area contributed by atoms with Crippen LogP contribution in [0.4, 0.5) is 4.79 Å². The van der Waals surface area contributed by atoms with Gasteiger partial charge in [-0.1, -0.05) is 11.6 Å². The second kappa shape index (κ2) is 6.27. The van der Waals surface area contributed by atoms with E-state index < -0.39 is 5.60 Å². The zero-order valence-electron chi connectivity index (χ0n) is 11.1. The van der Waals surface area contributed by atoms with Gasteiger partial charge in [-0.05, 0) is 33.6 Å². The molecule has 0 aromatic rings. The third-order valence-corrected chi connectivity index (χ3v) is 2.73. The smallest absolute Gasteiger partial charge is 0.410 e.